The van der Waals surface area contributed by atoms with E-state index in [0.717, 1.165) is 91.0 Å². The topological polar surface area (TPSA) is 63.2 Å². The molecule has 0 aromatic rings. The van der Waals surface area contributed by atoms with E-state index >= 15 is 0 Å². The summed E-state index contributed by atoms with van der Waals surface area (Å²) in [5.74, 6) is 0.191. The molecule has 6 fully saturated rings. The lowest BCUT2D eigenvalue weighted by Crippen LogP contribution is -2.68. The molecule has 2 aliphatic heterocycles. The lowest BCUT2D eigenvalue weighted by Gasteiger charge is -2.65. The number of hydrogen-bond acceptors (Lipinski definition) is 6. The second-order valence-electron chi connectivity index (χ2n) is 13.4. The van der Waals surface area contributed by atoms with Gasteiger partial charge in [0.2, 0.25) is 0 Å². The maximum Gasteiger partial charge on any atom is 0.333 e. The van der Waals surface area contributed by atoms with Gasteiger partial charge in [-0.15, -0.1) is 0 Å². The third kappa shape index (κ3) is 5.17. The van der Waals surface area contributed by atoms with Crippen LogP contribution in [0.2, 0.25) is 0 Å². The van der Waals surface area contributed by atoms with Gasteiger partial charge in [0.1, 0.15) is 5.60 Å². The standard InChI is InChI=1S/C30H48O6/c1-5-7-26(19-32-20-26)9-11-34-28-13-24-14-29(16-28,35-12-10-27(8-6-2)21-33-22-27)18-30(15-24,17-28)36-25(31)23(3)4/h24H,3,5-22H2,1-2,4H3. The van der Waals surface area contributed by atoms with Gasteiger partial charge in [-0.25, -0.2) is 4.79 Å². The molecule has 0 N–H and O–H groups in total. The lowest BCUT2D eigenvalue weighted by molar-refractivity contribution is -0.288. The maximum atomic E-state index is 12.7. The van der Waals surface area contributed by atoms with Crippen LogP contribution in [-0.4, -0.2) is 62.4 Å². The van der Waals surface area contributed by atoms with Crippen molar-refractivity contribution in [3.63, 3.8) is 0 Å². The second-order valence-corrected chi connectivity index (χ2v) is 13.4. The molecule has 204 valence electrons. The highest BCUT2D eigenvalue weighted by Gasteiger charge is 2.66. The highest BCUT2D eigenvalue weighted by atomic mass is 16.6. The Morgan fingerprint density at radius 2 is 1.22 bits per heavy atom. The summed E-state index contributed by atoms with van der Waals surface area (Å²) >= 11 is 0. The van der Waals surface area contributed by atoms with Crippen LogP contribution in [0.15, 0.2) is 12.2 Å². The first-order valence-corrected chi connectivity index (χ1v) is 14.5. The number of ether oxygens (including phenoxy) is 5. The van der Waals surface area contributed by atoms with Gasteiger partial charge < -0.3 is 23.7 Å². The van der Waals surface area contributed by atoms with Gasteiger partial charge >= 0.3 is 5.97 Å². The van der Waals surface area contributed by atoms with E-state index in [-0.39, 0.29) is 28.0 Å². The molecule has 0 radical (unpaired) electrons. The van der Waals surface area contributed by atoms with E-state index in [1.54, 1.807) is 6.92 Å². The molecule has 0 spiro atoms. The minimum Gasteiger partial charge on any atom is -0.455 e. The molecule has 2 saturated heterocycles. The zero-order chi connectivity index (χ0) is 25.5. The SMILES string of the molecule is C=C(C)C(=O)OC12CC3CC(OCCC4(CCC)COC4)(CC(OCCC4(CCC)COC4)(C3)C1)C2. The third-order valence-electron chi connectivity index (χ3n) is 9.85. The highest BCUT2D eigenvalue weighted by Crippen LogP contribution is 2.63. The normalized spacial score (nSPS) is 37.2. The first-order valence-electron chi connectivity index (χ1n) is 14.5. The predicted octanol–water partition coefficient (Wildman–Crippen LogP) is 5.77. The Morgan fingerprint density at radius 3 is 1.61 bits per heavy atom. The van der Waals surface area contributed by atoms with Crippen LogP contribution in [0.1, 0.15) is 97.8 Å². The summed E-state index contributed by atoms with van der Waals surface area (Å²) in [7, 11) is 0. The van der Waals surface area contributed by atoms with Crippen LogP contribution in [0, 0.1) is 16.7 Å². The zero-order valence-corrected chi connectivity index (χ0v) is 23.0. The molecular weight excluding hydrogens is 456 g/mol. The van der Waals surface area contributed by atoms with E-state index in [1.807, 2.05) is 0 Å². The van der Waals surface area contributed by atoms with Crippen molar-refractivity contribution < 1.29 is 28.5 Å². The van der Waals surface area contributed by atoms with Crippen LogP contribution in [0.4, 0.5) is 0 Å². The maximum absolute atomic E-state index is 12.7. The molecule has 6 nitrogen and oxygen atoms in total. The van der Waals surface area contributed by atoms with Crippen molar-refractivity contribution in [1.82, 2.24) is 0 Å². The third-order valence-corrected chi connectivity index (χ3v) is 9.85. The molecule has 0 aromatic carbocycles. The van der Waals surface area contributed by atoms with Crippen molar-refractivity contribution in [2.75, 3.05) is 39.6 Å². The smallest absolute Gasteiger partial charge is 0.333 e. The summed E-state index contributed by atoms with van der Waals surface area (Å²) in [6.07, 6.45) is 12.3. The van der Waals surface area contributed by atoms with Crippen molar-refractivity contribution in [3.05, 3.63) is 12.2 Å². The van der Waals surface area contributed by atoms with Crippen LogP contribution in [0.25, 0.3) is 0 Å². The molecule has 36 heavy (non-hydrogen) atoms. The molecule has 2 atom stereocenters. The number of esters is 1. The van der Waals surface area contributed by atoms with Crippen LogP contribution in [0.5, 0.6) is 0 Å². The fourth-order valence-electron chi connectivity index (χ4n) is 8.53. The van der Waals surface area contributed by atoms with Gasteiger partial charge in [-0.1, -0.05) is 33.3 Å². The Bertz CT molecular complexity index is 781. The van der Waals surface area contributed by atoms with Crippen molar-refractivity contribution in [3.8, 4) is 0 Å². The number of carbonyl (C=O) groups excluding carboxylic acids is 1. The Morgan fingerprint density at radius 1 is 0.778 bits per heavy atom. The minimum absolute atomic E-state index is 0.270. The van der Waals surface area contributed by atoms with Crippen molar-refractivity contribution >= 4 is 5.97 Å². The monoisotopic (exact) mass is 504 g/mol. The molecule has 6 aliphatic rings. The average molecular weight is 505 g/mol. The van der Waals surface area contributed by atoms with Gasteiger partial charge in [-0.05, 0) is 57.8 Å². The summed E-state index contributed by atoms with van der Waals surface area (Å²) in [6, 6.07) is 0. The largest absolute Gasteiger partial charge is 0.455 e. The van der Waals surface area contributed by atoms with Crippen molar-refractivity contribution in [2.45, 2.75) is 115 Å². The van der Waals surface area contributed by atoms with Gasteiger partial charge in [0.25, 0.3) is 0 Å². The molecular formula is C30H48O6. The molecule has 0 amide bonds. The Kier molecular flexibility index (Phi) is 7.39. The Balaban J connectivity index is 1.30. The quantitative estimate of drug-likeness (QED) is 0.221. The van der Waals surface area contributed by atoms with Gasteiger partial charge in [0.15, 0.2) is 0 Å². The van der Waals surface area contributed by atoms with Gasteiger partial charge in [0.05, 0.1) is 37.6 Å². The summed E-state index contributed by atoms with van der Waals surface area (Å²) in [5, 5.41) is 0. The predicted molar refractivity (Wildman–Crippen MR) is 138 cm³/mol. The van der Waals surface area contributed by atoms with Crippen LogP contribution >= 0.6 is 0 Å². The van der Waals surface area contributed by atoms with Gasteiger partial charge in [-0.3, -0.25) is 0 Å². The average Bonchev–Trinajstić information content (AvgIpc) is 2.74. The van der Waals surface area contributed by atoms with E-state index in [9.17, 15) is 4.79 Å². The molecule has 4 saturated carbocycles. The van der Waals surface area contributed by atoms with Crippen molar-refractivity contribution in [1.29, 1.82) is 0 Å². The van der Waals surface area contributed by atoms with Crippen LogP contribution < -0.4 is 0 Å². The molecule has 2 unspecified atom stereocenters. The Hall–Kier alpha value is -0.950. The molecule has 2 heterocycles. The van der Waals surface area contributed by atoms with E-state index < -0.39 is 5.60 Å². The summed E-state index contributed by atoms with van der Waals surface area (Å²) in [6.45, 7) is 15.0. The summed E-state index contributed by atoms with van der Waals surface area (Å²) < 4.78 is 31.2. The second kappa shape index (κ2) is 9.98. The van der Waals surface area contributed by atoms with Crippen LogP contribution in [0.3, 0.4) is 0 Å². The molecule has 0 aromatic heterocycles. The van der Waals surface area contributed by atoms with Gasteiger partial charge in [0, 0.05) is 48.9 Å². The highest BCUT2D eigenvalue weighted by molar-refractivity contribution is 5.87. The fraction of sp³-hybridized carbons (Fsp3) is 0.900. The van der Waals surface area contributed by atoms with Gasteiger partial charge in [-0.2, -0.15) is 0 Å². The van der Waals surface area contributed by atoms with Crippen molar-refractivity contribution in [2.24, 2.45) is 16.7 Å². The van der Waals surface area contributed by atoms with E-state index in [2.05, 4.69) is 20.4 Å². The first kappa shape index (κ1) is 26.6. The first-order chi connectivity index (χ1) is 17.2. The Labute approximate surface area is 217 Å². The summed E-state index contributed by atoms with van der Waals surface area (Å²) in [5.41, 5.74) is -0.00655. The molecule has 6 heteroatoms. The number of carbonyl (C=O) groups is 1. The van der Waals surface area contributed by atoms with E-state index in [1.165, 1.54) is 25.7 Å². The lowest BCUT2D eigenvalue weighted by atomic mass is 9.50. The summed E-state index contributed by atoms with van der Waals surface area (Å²) in [4.78, 5) is 12.7. The van der Waals surface area contributed by atoms with Crippen LogP contribution in [-0.2, 0) is 28.5 Å². The fourth-order valence-corrected chi connectivity index (χ4v) is 8.53. The number of hydrogen-bond donors (Lipinski definition) is 0. The number of rotatable bonds is 14. The minimum atomic E-state index is -0.503. The molecule has 6 rings (SSSR count). The molecule has 4 aliphatic carbocycles. The van der Waals surface area contributed by atoms with E-state index in [0.29, 0.717) is 11.5 Å². The molecule has 4 bridgehead atoms. The zero-order valence-electron chi connectivity index (χ0n) is 23.0. The van der Waals surface area contributed by atoms with E-state index in [4.69, 9.17) is 23.7 Å².